The molecule has 0 saturated carbocycles. The van der Waals surface area contributed by atoms with Crippen LogP contribution in [0.4, 0.5) is 11.4 Å². The maximum absolute atomic E-state index is 12.8. The molecule has 8 heteroatoms. The lowest BCUT2D eigenvalue weighted by Gasteiger charge is -2.30. The fraction of sp³-hybridized carbons (Fsp3) is 0.278. The monoisotopic (exact) mass is 414 g/mol. The molecule has 2 aromatic rings. The Morgan fingerprint density at radius 1 is 1.12 bits per heavy atom. The molecule has 140 valence electrons. The molecule has 0 aliphatic rings. The second-order valence-electron chi connectivity index (χ2n) is 5.91. The number of hydrogen-bond acceptors (Lipinski definition) is 3. The normalized spacial score (nSPS) is 12.5. The highest BCUT2D eigenvalue weighted by molar-refractivity contribution is 7.92. The van der Waals surface area contributed by atoms with Gasteiger partial charge in [-0.3, -0.25) is 9.10 Å². The maximum atomic E-state index is 12.8. The Labute approximate surface area is 164 Å². The highest BCUT2D eigenvalue weighted by Crippen LogP contribution is 2.26. The number of carbonyl (C=O) groups excluding carboxylic acids is 1. The SMILES string of the molecule is CC[C@@H](C(=O)Nc1ccc(Cl)cc1C)N(c1ccc(Cl)cc1)S(C)(=O)=O. The third-order valence-electron chi connectivity index (χ3n) is 3.86. The predicted octanol–water partition coefficient (Wildman–Crippen LogP) is 4.49. The van der Waals surface area contributed by atoms with E-state index in [1.165, 1.54) is 0 Å². The van der Waals surface area contributed by atoms with Gasteiger partial charge in [-0.2, -0.15) is 0 Å². The molecule has 0 unspecified atom stereocenters. The van der Waals surface area contributed by atoms with Crippen molar-refractivity contribution in [2.75, 3.05) is 15.9 Å². The Hall–Kier alpha value is -1.76. The van der Waals surface area contributed by atoms with E-state index in [-0.39, 0.29) is 0 Å². The van der Waals surface area contributed by atoms with Crippen LogP contribution in [-0.4, -0.2) is 26.6 Å². The number of benzene rings is 2. The molecular formula is C18H20Cl2N2O3S. The molecule has 0 bridgehead atoms. The summed E-state index contributed by atoms with van der Waals surface area (Å²) in [5.41, 5.74) is 1.76. The van der Waals surface area contributed by atoms with E-state index in [4.69, 9.17) is 23.2 Å². The van der Waals surface area contributed by atoms with Crippen LogP contribution in [0.1, 0.15) is 18.9 Å². The molecule has 0 spiro atoms. The van der Waals surface area contributed by atoms with Crippen LogP contribution >= 0.6 is 23.2 Å². The third-order valence-corrected chi connectivity index (χ3v) is 5.52. The summed E-state index contributed by atoms with van der Waals surface area (Å²) in [7, 11) is -3.69. The molecule has 0 saturated heterocycles. The Bertz CT molecular complexity index is 899. The van der Waals surface area contributed by atoms with Crippen molar-refractivity contribution in [1.82, 2.24) is 0 Å². The zero-order valence-corrected chi connectivity index (χ0v) is 17.0. The number of anilines is 2. The number of rotatable bonds is 6. The Morgan fingerprint density at radius 2 is 1.69 bits per heavy atom. The van der Waals surface area contributed by atoms with Crippen molar-refractivity contribution < 1.29 is 13.2 Å². The van der Waals surface area contributed by atoms with Crippen molar-refractivity contribution in [2.24, 2.45) is 0 Å². The summed E-state index contributed by atoms with van der Waals surface area (Å²) in [5.74, 6) is -0.418. The molecule has 0 heterocycles. The van der Waals surface area contributed by atoms with Gasteiger partial charge in [0.15, 0.2) is 0 Å². The molecule has 0 aliphatic carbocycles. The van der Waals surface area contributed by atoms with Crippen molar-refractivity contribution in [3.8, 4) is 0 Å². The van der Waals surface area contributed by atoms with Crippen LogP contribution in [0, 0.1) is 6.92 Å². The van der Waals surface area contributed by atoms with Crippen molar-refractivity contribution in [2.45, 2.75) is 26.3 Å². The molecule has 0 aromatic heterocycles. The first-order valence-electron chi connectivity index (χ1n) is 7.95. The summed E-state index contributed by atoms with van der Waals surface area (Å²) >= 11 is 11.8. The van der Waals surface area contributed by atoms with E-state index in [1.807, 2.05) is 6.92 Å². The Kier molecular flexibility index (Phi) is 6.55. The lowest BCUT2D eigenvalue weighted by Crippen LogP contribution is -2.47. The quantitative estimate of drug-likeness (QED) is 0.756. The van der Waals surface area contributed by atoms with Crippen molar-refractivity contribution >= 4 is 50.5 Å². The van der Waals surface area contributed by atoms with E-state index in [0.29, 0.717) is 27.8 Å². The molecule has 2 rings (SSSR count). The van der Waals surface area contributed by atoms with Crippen LogP contribution in [0.2, 0.25) is 10.0 Å². The molecule has 0 fully saturated rings. The minimum Gasteiger partial charge on any atom is -0.324 e. The van der Waals surface area contributed by atoms with Gasteiger partial charge in [-0.05, 0) is 61.4 Å². The van der Waals surface area contributed by atoms with Gasteiger partial charge in [0.1, 0.15) is 6.04 Å². The zero-order chi connectivity index (χ0) is 19.5. The number of halogens is 2. The van der Waals surface area contributed by atoms with E-state index in [1.54, 1.807) is 49.4 Å². The standard InChI is InChI=1S/C18H20Cl2N2O3S/c1-4-17(18(23)21-16-10-7-14(20)11-12(16)2)22(26(3,24)25)15-8-5-13(19)6-9-15/h5-11,17H,4H2,1-3H3,(H,21,23)/t17-/m0/s1. The highest BCUT2D eigenvalue weighted by atomic mass is 35.5. The van der Waals surface area contributed by atoms with Crippen molar-refractivity contribution in [1.29, 1.82) is 0 Å². The van der Waals surface area contributed by atoms with E-state index in [0.717, 1.165) is 16.1 Å². The number of nitrogens with zero attached hydrogens (tertiary/aromatic N) is 1. The molecule has 2 aromatic carbocycles. The summed E-state index contributed by atoms with van der Waals surface area (Å²) in [6.07, 6.45) is 1.37. The topological polar surface area (TPSA) is 66.5 Å². The number of amides is 1. The van der Waals surface area contributed by atoms with Gasteiger partial charge < -0.3 is 5.32 Å². The van der Waals surface area contributed by atoms with E-state index in [2.05, 4.69) is 5.32 Å². The summed E-state index contributed by atoms with van der Waals surface area (Å²) < 4.78 is 25.9. The summed E-state index contributed by atoms with van der Waals surface area (Å²) in [4.78, 5) is 12.8. The van der Waals surface area contributed by atoms with Crippen LogP contribution in [0.3, 0.4) is 0 Å². The summed E-state index contributed by atoms with van der Waals surface area (Å²) in [6, 6.07) is 10.5. The number of aryl methyl sites for hydroxylation is 1. The zero-order valence-electron chi connectivity index (χ0n) is 14.7. The van der Waals surface area contributed by atoms with Gasteiger partial charge in [0.2, 0.25) is 15.9 Å². The molecule has 1 atom stereocenters. The number of hydrogen-bond donors (Lipinski definition) is 1. The van der Waals surface area contributed by atoms with Gasteiger partial charge in [0.25, 0.3) is 0 Å². The van der Waals surface area contributed by atoms with Gasteiger partial charge in [0, 0.05) is 15.7 Å². The van der Waals surface area contributed by atoms with Gasteiger partial charge in [-0.15, -0.1) is 0 Å². The molecule has 0 radical (unpaired) electrons. The molecular weight excluding hydrogens is 395 g/mol. The lowest BCUT2D eigenvalue weighted by molar-refractivity contribution is -0.117. The molecule has 1 N–H and O–H groups in total. The predicted molar refractivity (Wildman–Crippen MR) is 108 cm³/mol. The highest BCUT2D eigenvalue weighted by Gasteiger charge is 2.31. The van der Waals surface area contributed by atoms with Crippen molar-refractivity contribution in [3.05, 3.63) is 58.1 Å². The fourth-order valence-corrected chi connectivity index (χ4v) is 4.20. The van der Waals surface area contributed by atoms with Crippen molar-refractivity contribution in [3.63, 3.8) is 0 Å². The van der Waals surface area contributed by atoms with E-state index in [9.17, 15) is 13.2 Å². The van der Waals surface area contributed by atoms with Gasteiger partial charge >= 0.3 is 0 Å². The van der Waals surface area contributed by atoms with Crippen LogP contribution in [-0.2, 0) is 14.8 Å². The second-order valence-corrected chi connectivity index (χ2v) is 8.64. The molecule has 1 amide bonds. The van der Waals surface area contributed by atoms with Crippen LogP contribution in [0.5, 0.6) is 0 Å². The van der Waals surface area contributed by atoms with Gasteiger partial charge in [0.05, 0.1) is 11.9 Å². The molecule has 5 nitrogen and oxygen atoms in total. The molecule has 0 aliphatic heterocycles. The summed E-state index contributed by atoms with van der Waals surface area (Å²) in [5, 5.41) is 3.84. The maximum Gasteiger partial charge on any atom is 0.248 e. The third kappa shape index (κ3) is 4.90. The number of sulfonamides is 1. The lowest BCUT2D eigenvalue weighted by atomic mass is 10.1. The first kappa shape index (κ1) is 20.6. The molecule has 26 heavy (non-hydrogen) atoms. The number of nitrogens with one attached hydrogen (secondary N) is 1. The number of carbonyl (C=O) groups is 1. The van der Waals surface area contributed by atoms with Crippen LogP contribution in [0.15, 0.2) is 42.5 Å². The Balaban J connectivity index is 2.38. The Morgan fingerprint density at radius 3 is 2.19 bits per heavy atom. The van der Waals surface area contributed by atoms with Crippen LogP contribution < -0.4 is 9.62 Å². The average molecular weight is 415 g/mol. The largest absolute Gasteiger partial charge is 0.324 e. The first-order valence-corrected chi connectivity index (χ1v) is 10.6. The van der Waals surface area contributed by atoms with E-state index < -0.39 is 22.0 Å². The minimum atomic E-state index is -3.69. The smallest absolute Gasteiger partial charge is 0.248 e. The summed E-state index contributed by atoms with van der Waals surface area (Å²) in [6.45, 7) is 3.57. The average Bonchev–Trinajstić information content (AvgIpc) is 2.55. The fourth-order valence-electron chi connectivity index (χ4n) is 2.63. The second kappa shape index (κ2) is 8.29. The van der Waals surface area contributed by atoms with E-state index >= 15 is 0 Å². The van der Waals surface area contributed by atoms with Gasteiger partial charge in [-0.25, -0.2) is 8.42 Å². The minimum absolute atomic E-state index is 0.300. The van der Waals surface area contributed by atoms with Crippen LogP contribution in [0.25, 0.3) is 0 Å². The first-order chi connectivity index (χ1) is 12.1. The van der Waals surface area contributed by atoms with Gasteiger partial charge in [-0.1, -0.05) is 30.1 Å².